The van der Waals surface area contributed by atoms with Crippen LogP contribution in [0.15, 0.2) is 33.5 Å². The summed E-state index contributed by atoms with van der Waals surface area (Å²) >= 11 is 3.16. The quantitative estimate of drug-likeness (QED) is 0.561. The predicted molar refractivity (Wildman–Crippen MR) is 120 cm³/mol. The summed E-state index contributed by atoms with van der Waals surface area (Å²) in [5, 5.41) is 4.02. The Hall–Kier alpha value is -2.95. The van der Waals surface area contributed by atoms with E-state index < -0.39 is 29.0 Å². The van der Waals surface area contributed by atoms with Crippen LogP contribution in [0.2, 0.25) is 0 Å². The normalized spacial score (nSPS) is 14.7. The van der Waals surface area contributed by atoms with Crippen molar-refractivity contribution in [3.8, 4) is 11.4 Å². The second-order valence-electron chi connectivity index (χ2n) is 8.48. The molecule has 3 rings (SSSR count). The van der Waals surface area contributed by atoms with Crippen molar-refractivity contribution in [1.82, 2.24) is 14.7 Å². The molecule has 0 radical (unpaired) electrons. The Labute approximate surface area is 198 Å². The van der Waals surface area contributed by atoms with Crippen molar-refractivity contribution in [2.45, 2.75) is 45.3 Å². The van der Waals surface area contributed by atoms with E-state index in [1.54, 1.807) is 31.7 Å². The zero-order chi connectivity index (χ0) is 24.3. The molecule has 178 valence electrons. The first kappa shape index (κ1) is 24.7. The molecule has 2 aromatic rings. The van der Waals surface area contributed by atoms with Gasteiger partial charge in [0.25, 0.3) is 5.56 Å². The fraction of sp³-hybridized carbons (Fsp3) is 0.455. The SMILES string of the molecule is COC(=O)c1nn(-c2ccc(Br)cc2F)c(=O)cc1OC1CCN(C(=O)OC(C)(C)C)CC1. The standard InChI is InChI=1S/C22H25BrFN3O6/c1-22(2,3)33-21(30)26-9-7-14(8-10-26)32-17-12-18(28)27(25-19(17)20(29)31-4)16-6-5-13(23)11-15(16)24/h5-6,11-12,14H,7-10H2,1-4H3. The summed E-state index contributed by atoms with van der Waals surface area (Å²) in [6.45, 7) is 6.17. The van der Waals surface area contributed by atoms with Gasteiger partial charge in [-0.3, -0.25) is 4.79 Å². The van der Waals surface area contributed by atoms with Gasteiger partial charge in [0.2, 0.25) is 5.69 Å². The lowest BCUT2D eigenvalue weighted by molar-refractivity contribution is 0.0125. The third kappa shape index (κ3) is 6.10. The number of carbonyl (C=O) groups excluding carboxylic acids is 2. The number of nitrogens with zero attached hydrogens (tertiary/aromatic N) is 3. The average molecular weight is 526 g/mol. The molecule has 1 aromatic carbocycles. The van der Waals surface area contributed by atoms with E-state index in [1.807, 2.05) is 0 Å². The molecule has 1 aliphatic rings. The van der Waals surface area contributed by atoms with E-state index in [9.17, 15) is 18.8 Å². The van der Waals surface area contributed by atoms with E-state index in [4.69, 9.17) is 14.2 Å². The van der Waals surface area contributed by atoms with Crippen molar-refractivity contribution in [2.24, 2.45) is 0 Å². The molecule has 1 saturated heterocycles. The molecule has 1 aromatic heterocycles. The van der Waals surface area contributed by atoms with Gasteiger partial charge in [0.1, 0.15) is 23.2 Å². The van der Waals surface area contributed by atoms with Gasteiger partial charge in [0.05, 0.1) is 13.2 Å². The Bertz CT molecular complexity index is 1110. The molecule has 0 N–H and O–H groups in total. The van der Waals surface area contributed by atoms with Gasteiger partial charge in [-0.25, -0.2) is 14.0 Å². The molecule has 0 bridgehead atoms. The number of amides is 1. The van der Waals surface area contributed by atoms with E-state index in [1.165, 1.54) is 19.2 Å². The number of halogens is 2. The van der Waals surface area contributed by atoms with Crippen LogP contribution in [0.4, 0.5) is 9.18 Å². The van der Waals surface area contributed by atoms with Gasteiger partial charge in [0.15, 0.2) is 5.75 Å². The molecular formula is C22H25BrFN3O6. The summed E-state index contributed by atoms with van der Waals surface area (Å²) in [5.74, 6) is -1.59. The Balaban J connectivity index is 1.81. The highest BCUT2D eigenvalue weighted by atomic mass is 79.9. The third-order valence-electron chi connectivity index (χ3n) is 4.80. The fourth-order valence-electron chi connectivity index (χ4n) is 3.26. The highest BCUT2D eigenvalue weighted by molar-refractivity contribution is 9.10. The summed E-state index contributed by atoms with van der Waals surface area (Å²) in [5.41, 5.74) is -1.64. The molecule has 0 saturated carbocycles. The lowest BCUT2D eigenvalue weighted by Crippen LogP contribution is -2.44. The number of benzene rings is 1. The van der Waals surface area contributed by atoms with Crippen LogP contribution in [0, 0.1) is 5.82 Å². The van der Waals surface area contributed by atoms with Crippen LogP contribution in [-0.2, 0) is 9.47 Å². The average Bonchev–Trinajstić information content (AvgIpc) is 2.73. The van der Waals surface area contributed by atoms with Crippen LogP contribution in [0.1, 0.15) is 44.1 Å². The maximum Gasteiger partial charge on any atom is 0.410 e. The van der Waals surface area contributed by atoms with Crippen LogP contribution >= 0.6 is 15.9 Å². The lowest BCUT2D eigenvalue weighted by Gasteiger charge is -2.33. The second-order valence-corrected chi connectivity index (χ2v) is 9.39. The number of aromatic nitrogens is 2. The minimum atomic E-state index is -0.831. The molecule has 9 nitrogen and oxygen atoms in total. The Morgan fingerprint density at radius 3 is 2.42 bits per heavy atom. The summed E-state index contributed by atoms with van der Waals surface area (Å²) in [7, 11) is 1.17. The minimum Gasteiger partial charge on any atom is -0.487 e. The Kier molecular flexibility index (Phi) is 7.41. The largest absolute Gasteiger partial charge is 0.487 e. The first-order valence-corrected chi connectivity index (χ1v) is 11.1. The zero-order valence-electron chi connectivity index (χ0n) is 18.8. The predicted octanol–water partition coefficient (Wildman–Crippen LogP) is 3.70. The van der Waals surface area contributed by atoms with Crippen LogP contribution in [0.3, 0.4) is 0 Å². The molecule has 1 aliphatic heterocycles. The molecule has 2 heterocycles. The number of rotatable bonds is 4. The highest BCUT2D eigenvalue weighted by Gasteiger charge is 2.29. The van der Waals surface area contributed by atoms with E-state index in [0.717, 1.165) is 10.7 Å². The van der Waals surface area contributed by atoms with Gasteiger partial charge < -0.3 is 19.1 Å². The molecule has 1 amide bonds. The van der Waals surface area contributed by atoms with Crippen LogP contribution in [0.5, 0.6) is 5.75 Å². The van der Waals surface area contributed by atoms with Crippen molar-refractivity contribution in [2.75, 3.05) is 20.2 Å². The van der Waals surface area contributed by atoms with Gasteiger partial charge in [0, 0.05) is 30.4 Å². The first-order valence-electron chi connectivity index (χ1n) is 10.3. The number of likely N-dealkylation sites (tertiary alicyclic amines) is 1. The summed E-state index contributed by atoms with van der Waals surface area (Å²) < 4.78 is 31.7. The number of hydrogen-bond donors (Lipinski definition) is 0. The number of hydrogen-bond acceptors (Lipinski definition) is 7. The van der Waals surface area contributed by atoms with Crippen molar-refractivity contribution in [1.29, 1.82) is 0 Å². The molecule has 1 fully saturated rings. The van der Waals surface area contributed by atoms with Crippen LogP contribution < -0.4 is 10.3 Å². The lowest BCUT2D eigenvalue weighted by atomic mass is 10.1. The monoisotopic (exact) mass is 525 g/mol. The Morgan fingerprint density at radius 1 is 1.18 bits per heavy atom. The molecule has 0 atom stereocenters. The van der Waals surface area contributed by atoms with Gasteiger partial charge in [-0.1, -0.05) is 15.9 Å². The minimum absolute atomic E-state index is 0.0589. The third-order valence-corrected chi connectivity index (χ3v) is 5.29. The van der Waals surface area contributed by atoms with Gasteiger partial charge in [-0.05, 0) is 39.0 Å². The number of piperidine rings is 1. The highest BCUT2D eigenvalue weighted by Crippen LogP contribution is 2.24. The van der Waals surface area contributed by atoms with Crippen molar-refractivity contribution < 1.29 is 28.2 Å². The smallest absolute Gasteiger partial charge is 0.410 e. The number of ether oxygens (including phenoxy) is 3. The van der Waals surface area contributed by atoms with Gasteiger partial charge in [-0.2, -0.15) is 9.78 Å². The zero-order valence-corrected chi connectivity index (χ0v) is 20.3. The second kappa shape index (κ2) is 9.90. The van der Waals surface area contributed by atoms with Crippen molar-refractivity contribution >= 4 is 28.0 Å². The molecular weight excluding hydrogens is 501 g/mol. The molecule has 0 unspecified atom stereocenters. The van der Waals surface area contributed by atoms with Gasteiger partial charge >= 0.3 is 12.1 Å². The van der Waals surface area contributed by atoms with E-state index in [0.29, 0.717) is 30.4 Å². The number of esters is 1. The topological polar surface area (TPSA) is 100.0 Å². The first-order chi connectivity index (χ1) is 15.5. The van der Waals surface area contributed by atoms with E-state index in [2.05, 4.69) is 21.0 Å². The molecule has 0 aliphatic carbocycles. The Morgan fingerprint density at radius 2 is 1.85 bits per heavy atom. The van der Waals surface area contributed by atoms with Crippen LogP contribution in [0.25, 0.3) is 5.69 Å². The van der Waals surface area contributed by atoms with Crippen LogP contribution in [-0.4, -0.2) is 58.6 Å². The summed E-state index contributed by atoms with van der Waals surface area (Å²) in [4.78, 5) is 38.8. The summed E-state index contributed by atoms with van der Waals surface area (Å²) in [6, 6.07) is 5.18. The maximum absolute atomic E-state index is 14.4. The molecule has 33 heavy (non-hydrogen) atoms. The van der Waals surface area contributed by atoms with Crippen molar-refractivity contribution in [3.63, 3.8) is 0 Å². The van der Waals surface area contributed by atoms with E-state index in [-0.39, 0.29) is 23.2 Å². The van der Waals surface area contributed by atoms with E-state index >= 15 is 0 Å². The van der Waals surface area contributed by atoms with Gasteiger partial charge in [-0.15, -0.1) is 0 Å². The molecule has 0 spiro atoms. The fourth-order valence-corrected chi connectivity index (χ4v) is 3.59. The number of carbonyl (C=O) groups is 2. The summed E-state index contributed by atoms with van der Waals surface area (Å²) in [6.07, 6.45) is 0.153. The number of methoxy groups -OCH3 is 1. The van der Waals surface area contributed by atoms with Crippen molar-refractivity contribution in [3.05, 3.63) is 50.6 Å². The molecule has 11 heteroatoms. The maximum atomic E-state index is 14.4.